The molecule has 8 heteroatoms. The predicted molar refractivity (Wildman–Crippen MR) is 146 cm³/mol. The van der Waals surface area contributed by atoms with Gasteiger partial charge >= 0.3 is 11.7 Å². The molecule has 0 radical (unpaired) electrons. The van der Waals surface area contributed by atoms with Crippen LogP contribution in [0.1, 0.15) is 56.9 Å². The second-order valence-electron chi connectivity index (χ2n) is 8.63. The zero-order valence-electron chi connectivity index (χ0n) is 23.0. The molecule has 0 N–H and O–H groups in total. The number of alkyl halides is 4. The molecule has 0 spiro atoms. The van der Waals surface area contributed by atoms with Crippen LogP contribution in [0.4, 0.5) is 17.6 Å². The number of ether oxygens (including phenoxy) is 2. The topological polar surface area (TPSA) is 48.7 Å². The van der Waals surface area contributed by atoms with E-state index in [1.807, 2.05) is 51.1 Å². The van der Waals surface area contributed by atoms with E-state index in [1.165, 1.54) is 6.07 Å². The van der Waals surface area contributed by atoms with Gasteiger partial charge in [0.1, 0.15) is 17.1 Å². The van der Waals surface area contributed by atoms with Gasteiger partial charge in [0.15, 0.2) is 0 Å². The van der Waals surface area contributed by atoms with Crippen molar-refractivity contribution >= 4 is 11.0 Å². The van der Waals surface area contributed by atoms with Gasteiger partial charge in [0, 0.05) is 30.9 Å². The molecule has 0 aliphatic rings. The molecule has 39 heavy (non-hydrogen) atoms. The highest BCUT2D eigenvalue weighted by Crippen LogP contribution is 2.33. The van der Waals surface area contributed by atoms with E-state index in [0.717, 1.165) is 48.8 Å². The summed E-state index contributed by atoms with van der Waals surface area (Å²) < 4.78 is 67.0. The molecule has 0 bridgehead atoms. The molecule has 4 nitrogen and oxygen atoms in total. The van der Waals surface area contributed by atoms with Crippen molar-refractivity contribution in [3.63, 3.8) is 0 Å². The number of rotatable bonds is 7. The first-order chi connectivity index (χ1) is 18.4. The summed E-state index contributed by atoms with van der Waals surface area (Å²) in [5.74, 6) is -2.15. The zero-order valence-corrected chi connectivity index (χ0v) is 23.0. The first kappa shape index (κ1) is 31.4. The molecule has 0 atom stereocenters. The van der Waals surface area contributed by atoms with Gasteiger partial charge in [-0.1, -0.05) is 51.1 Å². The lowest BCUT2D eigenvalue weighted by atomic mass is 9.99. The lowest BCUT2D eigenvalue weighted by Gasteiger charge is -2.13. The molecule has 4 aromatic rings. The second kappa shape index (κ2) is 13.8. The fraction of sp³-hybridized carbons (Fsp3) is 0.323. The van der Waals surface area contributed by atoms with Gasteiger partial charge in [0.2, 0.25) is 0 Å². The zero-order chi connectivity index (χ0) is 29.2. The number of hydrogen-bond donors (Lipinski definition) is 0. The van der Waals surface area contributed by atoms with Gasteiger partial charge in [-0.15, -0.1) is 0 Å². The highest BCUT2D eigenvalue weighted by molar-refractivity contribution is 5.81. The van der Waals surface area contributed by atoms with Gasteiger partial charge < -0.3 is 13.9 Å². The number of fused-ring (bicyclic) bond motifs is 1. The quantitative estimate of drug-likeness (QED) is 0.172. The Bertz CT molecular complexity index is 1390. The lowest BCUT2D eigenvalue weighted by Crippen LogP contribution is -2.19. The van der Waals surface area contributed by atoms with Crippen LogP contribution in [0.25, 0.3) is 11.0 Å². The normalized spacial score (nSPS) is 11.1. The summed E-state index contributed by atoms with van der Waals surface area (Å²) in [6, 6.07) is 20.1. The first-order valence-electron chi connectivity index (χ1n) is 12.6. The third-order valence-electron chi connectivity index (χ3n) is 5.45. The number of methoxy groups -OCH3 is 1. The fourth-order valence-electron chi connectivity index (χ4n) is 3.70. The smallest absolute Gasteiger partial charge is 0.394 e. The molecule has 210 valence electrons. The Morgan fingerprint density at radius 3 is 2.00 bits per heavy atom. The number of hydrogen-bond acceptors (Lipinski definition) is 4. The summed E-state index contributed by atoms with van der Waals surface area (Å²) in [6.07, 6.45) is -1.72. The van der Waals surface area contributed by atoms with Gasteiger partial charge in [-0.05, 0) is 65.9 Å². The maximum Gasteiger partial charge on any atom is 0.394 e. The Labute approximate surface area is 226 Å². The minimum atomic E-state index is -3.12. The van der Waals surface area contributed by atoms with Crippen LogP contribution in [-0.4, -0.2) is 13.2 Å². The van der Waals surface area contributed by atoms with Gasteiger partial charge in [0.05, 0.1) is 7.11 Å². The van der Waals surface area contributed by atoms with E-state index >= 15 is 0 Å². The van der Waals surface area contributed by atoms with Crippen molar-refractivity contribution in [3.05, 3.63) is 105 Å². The summed E-state index contributed by atoms with van der Waals surface area (Å²) in [5.41, 5.74) is 1.94. The molecule has 1 heterocycles. The Morgan fingerprint density at radius 2 is 1.44 bits per heavy atom. The van der Waals surface area contributed by atoms with Gasteiger partial charge in [-0.3, -0.25) is 0 Å². The molecule has 0 fully saturated rings. The van der Waals surface area contributed by atoms with Gasteiger partial charge in [-0.2, -0.15) is 8.78 Å². The molecule has 0 amide bonds. The van der Waals surface area contributed by atoms with Crippen LogP contribution in [0, 0.1) is 0 Å². The van der Waals surface area contributed by atoms with Crippen LogP contribution >= 0.6 is 0 Å². The van der Waals surface area contributed by atoms with Gasteiger partial charge in [-0.25, -0.2) is 13.6 Å². The summed E-state index contributed by atoms with van der Waals surface area (Å²) >= 11 is 0. The Kier molecular flexibility index (Phi) is 11.1. The molecule has 0 saturated carbocycles. The largest absolute Gasteiger partial charge is 0.497 e. The average molecular weight is 547 g/mol. The van der Waals surface area contributed by atoms with Crippen molar-refractivity contribution < 1.29 is 31.5 Å². The summed E-state index contributed by atoms with van der Waals surface area (Å²) in [6.45, 7) is 7.46. The average Bonchev–Trinajstić information content (AvgIpc) is 2.89. The molecule has 1 aromatic heterocycles. The van der Waals surface area contributed by atoms with Crippen molar-refractivity contribution in [1.29, 1.82) is 0 Å². The monoisotopic (exact) mass is 546 g/mol. The van der Waals surface area contributed by atoms with Crippen LogP contribution in [-0.2, 0) is 18.8 Å². The molecule has 0 aliphatic carbocycles. The maximum atomic E-state index is 13.8. The van der Waals surface area contributed by atoms with Crippen LogP contribution in [0.5, 0.6) is 11.5 Å². The Hall–Kier alpha value is -3.81. The summed E-state index contributed by atoms with van der Waals surface area (Å²) in [5, 5.41) is 0.258. The van der Waals surface area contributed by atoms with E-state index in [1.54, 1.807) is 37.4 Å². The lowest BCUT2D eigenvalue weighted by molar-refractivity contribution is -0.158. The minimum absolute atomic E-state index is 0.164. The Morgan fingerprint density at radius 1 is 0.795 bits per heavy atom. The molecule has 0 aliphatic heterocycles. The van der Waals surface area contributed by atoms with Crippen molar-refractivity contribution in [1.82, 2.24) is 0 Å². The van der Waals surface area contributed by atoms with Crippen molar-refractivity contribution in [2.24, 2.45) is 0 Å². The van der Waals surface area contributed by atoms with Crippen molar-refractivity contribution in [2.45, 2.75) is 59.5 Å². The SMILES string of the molecule is CC.CCc1cccc(OC(C)(F)F)c1.COc1ccc(Cc2ccc3oc(=O)cc(C(C)(F)F)c3c2)cc1. The van der Waals surface area contributed by atoms with Crippen molar-refractivity contribution in [2.75, 3.05) is 7.11 Å². The number of aryl methyl sites for hydroxylation is 1. The molecule has 0 saturated heterocycles. The van der Waals surface area contributed by atoms with E-state index in [-0.39, 0.29) is 22.3 Å². The van der Waals surface area contributed by atoms with Crippen LogP contribution in [0.15, 0.2) is 82.0 Å². The second-order valence-corrected chi connectivity index (χ2v) is 8.63. The molecular weight excluding hydrogens is 512 g/mol. The summed E-state index contributed by atoms with van der Waals surface area (Å²) in [4.78, 5) is 11.5. The highest BCUT2D eigenvalue weighted by Gasteiger charge is 2.28. The number of benzene rings is 3. The third kappa shape index (κ3) is 9.78. The molecule has 4 rings (SSSR count). The summed E-state index contributed by atoms with van der Waals surface area (Å²) in [7, 11) is 1.60. The van der Waals surface area contributed by atoms with E-state index in [4.69, 9.17) is 9.15 Å². The van der Waals surface area contributed by atoms with E-state index in [0.29, 0.717) is 6.42 Å². The van der Waals surface area contributed by atoms with Crippen LogP contribution < -0.4 is 15.1 Å². The molecule has 0 unspecified atom stereocenters. The van der Waals surface area contributed by atoms with Gasteiger partial charge in [0.25, 0.3) is 5.92 Å². The molecular formula is C31H34F4O4. The maximum absolute atomic E-state index is 13.8. The predicted octanol–water partition coefficient (Wildman–Crippen LogP) is 8.77. The minimum Gasteiger partial charge on any atom is -0.497 e. The van der Waals surface area contributed by atoms with E-state index in [9.17, 15) is 22.4 Å². The van der Waals surface area contributed by atoms with Crippen molar-refractivity contribution in [3.8, 4) is 11.5 Å². The van der Waals surface area contributed by atoms with Crippen LogP contribution in [0.2, 0.25) is 0 Å². The van der Waals surface area contributed by atoms with Crippen LogP contribution in [0.3, 0.4) is 0 Å². The Balaban J connectivity index is 0.000000301. The van der Waals surface area contributed by atoms with E-state index < -0.39 is 17.7 Å². The molecule has 3 aromatic carbocycles. The fourth-order valence-corrected chi connectivity index (χ4v) is 3.70. The standard InChI is InChI=1S/C19H16F2O3.C10H12F2O.C2H6/c1-19(20,21)16-11-18(22)24-17-8-5-13(10-15(16)17)9-12-3-6-14(23-2)7-4-12;1-3-8-5-4-6-9(7-8)13-10(2,11)12;1-2/h3-8,10-11H,9H2,1-2H3;4-7H,3H2,1-2H3;1-2H3. The first-order valence-corrected chi connectivity index (χ1v) is 12.6. The highest BCUT2D eigenvalue weighted by atomic mass is 19.3. The third-order valence-corrected chi connectivity index (χ3v) is 5.45. The number of halogens is 4. The van der Waals surface area contributed by atoms with E-state index in [2.05, 4.69) is 4.74 Å².